The van der Waals surface area contributed by atoms with Crippen LogP contribution in [0.4, 0.5) is 0 Å². The van der Waals surface area contributed by atoms with Crippen molar-refractivity contribution in [2.45, 2.75) is 123 Å². The van der Waals surface area contributed by atoms with Crippen molar-refractivity contribution in [1.82, 2.24) is 0 Å². The second kappa shape index (κ2) is 41.3. The van der Waals surface area contributed by atoms with E-state index >= 15 is 0 Å². The van der Waals surface area contributed by atoms with Crippen molar-refractivity contribution in [1.29, 1.82) is 0 Å². The van der Waals surface area contributed by atoms with Gasteiger partial charge in [0.2, 0.25) is 0 Å². The van der Waals surface area contributed by atoms with E-state index in [4.69, 9.17) is 65.6 Å². The molecule has 0 heterocycles. The molecule has 0 amide bonds. The van der Waals surface area contributed by atoms with Crippen LogP contribution in [0.25, 0.3) is 0 Å². The van der Waals surface area contributed by atoms with E-state index in [1.165, 1.54) is 6.92 Å². The molecule has 0 rings (SSSR count). The lowest BCUT2D eigenvalue weighted by molar-refractivity contribution is -0.155. The van der Waals surface area contributed by atoms with Crippen molar-refractivity contribution in [3.8, 4) is 0 Å². The SMILES string of the molecule is CC(CCCCO)(CC(=O)O)C(=O)O.CCCC(O)O.O=C(CCC(=O)OCCCCO)OCCCCO.O=C(O)CCC(=O)O.O=C(O)CCC(=O)O. The summed E-state index contributed by atoms with van der Waals surface area (Å²) >= 11 is 0. The Kier molecular flexibility index (Phi) is 45.0. The fourth-order valence-corrected chi connectivity index (χ4v) is 3.07. The maximum absolute atomic E-state index is 11.2. The molecule has 0 aliphatic heterocycles. The van der Waals surface area contributed by atoms with E-state index in [0.29, 0.717) is 44.9 Å². The zero-order valence-electron chi connectivity index (χ0n) is 30.9. The number of esters is 2. The van der Waals surface area contributed by atoms with Crippen LogP contribution in [0, 0.1) is 5.41 Å². The number of unbranched alkanes of at least 4 members (excludes halogenated alkanes) is 3. The summed E-state index contributed by atoms with van der Waals surface area (Å²) in [5, 5.41) is 90.8. The molecule has 318 valence electrons. The van der Waals surface area contributed by atoms with Crippen LogP contribution < -0.4 is 0 Å². The lowest BCUT2D eigenvalue weighted by atomic mass is 9.82. The summed E-state index contributed by atoms with van der Waals surface area (Å²) < 4.78 is 9.69. The summed E-state index contributed by atoms with van der Waals surface area (Å²) in [5.74, 6) is -7.38. The van der Waals surface area contributed by atoms with Crippen LogP contribution in [0.2, 0.25) is 0 Å². The molecule has 0 fully saturated rings. The molecular weight excluding hydrogens is 732 g/mol. The lowest BCUT2D eigenvalue weighted by Crippen LogP contribution is -2.30. The molecule has 0 aromatic heterocycles. The Morgan fingerprint density at radius 1 is 0.519 bits per heavy atom. The summed E-state index contributed by atoms with van der Waals surface area (Å²) in [4.78, 5) is 82.1. The van der Waals surface area contributed by atoms with Gasteiger partial charge < -0.3 is 65.6 Å². The first-order chi connectivity index (χ1) is 25.1. The maximum atomic E-state index is 11.2. The summed E-state index contributed by atoms with van der Waals surface area (Å²) in [7, 11) is 0. The van der Waals surface area contributed by atoms with Crippen LogP contribution in [0.1, 0.15) is 117 Å². The minimum Gasteiger partial charge on any atom is -0.481 e. The van der Waals surface area contributed by atoms with Crippen molar-refractivity contribution in [2.75, 3.05) is 33.0 Å². The van der Waals surface area contributed by atoms with E-state index in [1.807, 2.05) is 6.92 Å². The molecule has 0 saturated heterocycles. The Hall–Kier alpha value is -4.44. The summed E-state index contributed by atoms with van der Waals surface area (Å²) in [5.41, 5.74) is -1.22. The largest absolute Gasteiger partial charge is 0.481 e. The molecule has 0 aromatic carbocycles. The second-order valence-corrected chi connectivity index (χ2v) is 11.3. The van der Waals surface area contributed by atoms with E-state index in [1.54, 1.807) is 0 Å². The predicted octanol–water partition coefficient (Wildman–Crippen LogP) is 1.08. The highest BCUT2D eigenvalue weighted by atomic mass is 16.5. The molecule has 1 unspecified atom stereocenters. The van der Waals surface area contributed by atoms with Gasteiger partial charge in [-0.3, -0.25) is 38.4 Å². The van der Waals surface area contributed by atoms with Crippen LogP contribution in [0.15, 0.2) is 0 Å². The highest BCUT2D eigenvalue weighted by Gasteiger charge is 2.34. The molecule has 0 bridgehead atoms. The predicted molar refractivity (Wildman–Crippen MR) is 185 cm³/mol. The van der Waals surface area contributed by atoms with Gasteiger partial charge in [-0.25, -0.2) is 0 Å². The van der Waals surface area contributed by atoms with E-state index in [-0.39, 0.29) is 84.4 Å². The molecule has 0 radical (unpaired) electrons. The highest BCUT2D eigenvalue weighted by molar-refractivity contribution is 5.81. The zero-order chi connectivity index (χ0) is 43.0. The van der Waals surface area contributed by atoms with Gasteiger partial charge in [0.1, 0.15) is 0 Å². The van der Waals surface area contributed by atoms with Crippen molar-refractivity contribution >= 4 is 47.8 Å². The van der Waals surface area contributed by atoms with Crippen LogP contribution >= 0.6 is 0 Å². The maximum Gasteiger partial charge on any atom is 0.309 e. The van der Waals surface area contributed by atoms with Gasteiger partial charge in [-0.2, -0.15) is 0 Å². The molecule has 1 atom stereocenters. The summed E-state index contributed by atoms with van der Waals surface area (Å²) in [6.45, 7) is 4.02. The standard InChI is InChI=1S/C12H22O6.C9H16O5.2C4H6O4.C4H10O2/c13-7-1-3-9-17-11(15)5-6-12(16)18-10-4-2-8-14;1-9(8(13)14,6-7(11)12)4-2-3-5-10;2*5-3(6)1-2-4(7)8;1-2-3-4(5)6/h13-14H,1-10H2;10H,2-6H2,1H3,(H,11,12)(H,13,14);2*1-2H2,(H,5,6)(H,7,8);4-6H,2-3H2,1H3. The Bertz CT molecular complexity index is 950. The Balaban J connectivity index is -0.000000197. The second-order valence-electron chi connectivity index (χ2n) is 11.3. The van der Waals surface area contributed by atoms with Crippen LogP contribution in [0.5, 0.6) is 0 Å². The first kappa shape index (κ1) is 58.9. The number of aliphatic hydroxyl groups excluding tert-OH is 4. The number of aliphatic carboxylic acids is 6. The number of aliphatic hydroxyl groups is 5. The fourth-order valence-electron chi connectivity index (χ4n) is 3.07. The van der Waals surface area contributed by atoms with Gasteiger partial charge in [0.15, 0.2) is 6.29 Å². The van der Waals surface area contributed by atoms with Crippen molar-refractivity contribution < 1.29 is 104 Å². The Morgan fingerprint density at radius 3 is 1.07 bits per heavy atom. The number of hydrogen-bond donors (Lipinski definition) is 11. The van der Waals surface area contributed by atoms with Gasteiger partial charge in [0.05, 0.1) is 63.6 Å². The third kappa shape index (κ3) is 56.9. The summed E-state index contributed by atoms with van der Waals surface area (Å²) in [6, 6.07) is 0. The average molecular weight is 793 g/mol. The molecule has 0 aromatic rings. The Labute approximate surface area is 313 Å². The van der Waals surface area contributed by atoms with Gasteiger partial charge in [0.25, 0.3) is 0 Å². The molecule has 21 nitrogen and oxygen atoms in total. The smallest absolute Gasteiger partial charge is 0.309 e. The van der Waals surface area contributed by atoms with Crippen molar-refractivity contribution in [2.24, 2.45) is 5.41 Å². The van der Waals surface area contributed by atoms with E-state index in [9.17, 15) is 38.4 Å². The molecular formula is C33H60O21. The third-order valence-corrected chi connectivity index (χ3v) is 6.01. The topological polar surface area (TPSA) is 378 Å². The highest BCUT2D eigenvalue weighted by Crippen LogP contribution is 2.28. The van der Waals surface area contributed by atoms with Crippen LogP contribution in [0.3, 0.4) is 0 Å². The van der Waals surface area contributed by atoms with Gasteiger partial charge >= 0.3 is 47.8 Å². The lowest BCUT2D eigenvalue weighted by Gasteiger charge is -2.22. The van der Waals surface area contributed by atoms with Crippen molar-refractivity contribution in [3.63, 3.8) is 0 Å². The number of carbonyl (C=O) groups excluding carboxylic acids is 2. The minimum atomic E-state index is -1.22. The van der Waals surface area contributed by atoms with E-state index in [0.717, 1.165) is 6.42 Å². The Morgan fingerprint density at radius 2 is 0.852 bits per heavy atom. The van der Waals surface area contributed by atoms with Crippen LogP contribution in [-0.4, -0.2) is 143 Å². The molecule has 11 N–H and O–H groups in total. The van der Waals surface area contributed by atoms with E-state index < -0.39 is 59.5 Å². The average Bonchev–Trinajstić information content (AvgIpc) is 3.06. The first-order valence-corrected chi connectivity index (χ1v) is 17.0. The number of rotatable bonds is 26. The molecule has 0 aliphatic carbocycles. The molecule has 0 spiro atoms. The number of ether oxygens (including phenoxy) is 2. The van der Waals surface area contributed by atoms with Gasteiger partial charge in [-0.05, 0) is 51.9 Å². The van der Waals surface area contributed by atoms with Crippen molar-refractivity contribution in [3.05, 3.63) is 0 Å². The molecule has 54 heavy (non-hydrogen) atoms. The zero-order valence-corrected chi connectivity index (χ0v) is 30.9. The monoisotopic (exact) mass is 792 g/mol. The molecule has 0 saturated carbocycles. The molecule has 21 heteroatoms. The fraction of sp³-hybridized carbons (Fsp3) is 0.758. The number of hydrogen-bond acceptors (Lipinski definition) is 15. The molecule has 0 aliphatic rings. The van der Waals surface area contributed by atoms with Crippen LogP contribution in [-0.2, 0) is 47.8 Å². The number of carbonyl (C=O) groups is 8. The van der Waals surface area contributed by atoms with Gasteiger partial charge in [-0.1, -0.05) is 19.8 Å². The quantitative estimate of drug-likeness (QED) is 0.0331. The van der Waals surface area contributed by atoms with Gasteiger partial charge in [-0.15, -0.1) is 0 Å². The van der Waals surface area contributed by atoms with Gasteiger partial charge in [0, 0.05) is 19.8 Å². The minimum absolute atomic E-state index is 0.00275. The van der Waals surface area contributed by atoms with E-state index in [2.05, 4.69) is 0 Å². The first-order valence-electron chi connectivity index (χ1n) is 17.0. The third-order valence-electron chi connectivity index (χ3n) is 6.01. The number of carboxylic acids is 6. The summed E-state index contributed by atoms with van der Waals surface area (Å²) in [6.07, 6.45) is 2.40. The number of carboxylic acid groups (broad SMARTS) is 6. The normalized spacial score (nSPS) is 10.8.